The van der Waals surface area contributed by atoms with Gasteiger partial charge in [-0.1, -0.05) is 6.07 Å². The van der Waals surface area contributed by atoms with Gasteiger partial charge in [-0.05, 0) is 48.2 Å². The number of halogens is 4. The first-order valence-electron chi connectivity index (χ1n) is 10.7. The number of hydrogen-bond acceptors (Lipinski definition) is 7. The molecule has 1 aliphatic heterocycles. The van der Waals surface area contributed by atoms with Gasteiger partial charge in [0.05, 0.1) is 0 Å². The van der Waals surface area contributed by atoms with E-state index < -0.39 is 51.7 Å². The first kappa shape index (κ1) is 27.3. The lowest BCUT2D eigenvalue weighted by Crippen LogP contribution is -2.48. The molecule has 1 saturated heterocycles. The Kier molecular flexibility index (Phi) is 7.07. The lowest BCUT2D eigenvalue weighted by atomic mass is 10.1. The number of amidine groups is 1. The molecule has 1 amide bonds. The monoisotopic (exact) mass is 573 g/mol. The summed E-state index contributed by atoms with van der Waals surface area (Å²) in [7, 11) is -4.48. The van der Waals surface area contributed by atoms with Crippen LogP contribution in [0.2, 0.25) is 0 Å². The Bertz CT molecular complexity index is 1560. The zero-order valence-corrected chi connectivity index (χ0v) is 20.8. The maximum atomic E-state index is 13.6. The normalized spacial score (nSPS) is 16.2. The summed E-state index contributed by atoms with van der Waals surface area (Å²) >= 11 is 0.912. The second-order valence-corrected chi connectivity index (χ2v) is 10.8. The minimum Gasteiger partial charge on any atom is -0.420 e. The number of alkyl halides is 3. The molecule has 38 heavy (non-hydrogen) atoms. The van der Waals surface area contributed by atoms with Crippen LogP contribution in [0.15, 0.2) is 42.5 Å². The number of rotatable bonds is 7. The average molecular weight is 574 g/mol. The van der Waals surface area contributed by atoms with E-state index in [2.05, 4.69) is 4.74 Å². The predicted octanol–water partition coefficient (Wildman–Crippen LogP) is 2.60. The fourth-order valence-corrected chi connectivity index (χ4v) is 6.31. The molecule has 5 N–H and O–H groups in total. The van der Waals surface area contributed by atoms with Crippen molar-refractivity contribution in [2.45, 2.75) is 25.2 Å². The van der Waals surface area contributed by atoms with Crippen LogP contribution in [0.4, 0.5) is 22.6 Å². The number of nitrogens with one attached hydrogen (secondary N) is 1. The zero-order chi connectivity index (χ0) is 28.0. The van der Waals surface area contributed by atoms with E-state index in [1.165, 1.54) is 36.4 Å². The molecule has 2 heterocycles. The van der Waals surface area contributed by atoms with Crippen molar-refractivity contribution in [1.82, 2.24) is 4.90 Å². The number of nitrogens with zero attached hydrogens (tertiary/aromatic N) is 2. The van der Waals surface area contributed by atoms with Gasteiger partial charge in [0.15, 0.2) is 0 Å². The summed E-state index contributed by atoms with van der Waals surface area (Å²) < 4.78 is 82.6. The number of fused-ring (bicyclic) bond motifs is 1. The van der Waals surface area contributed by atoms with Crippen LogP contribution >= 0.6 is 11.3 Å². The zero-order valence-electron chi connectivity index (χ0n) is 19.2. The number of nitrogens with two attached hydrogens (primary N) is 2. The van der Waals surface area contributed by atoms with Crippen molar-refractivity contribution < 1.29 is 40.3 Å². The summed E-state index contributed by atoms with van der Waals surface area (Å²) in [4.78, 5) is 25.9. The number of carbonyl (C=O) groups excluding carboxylic acids is 2. The summed E-state index contributed by atoms with van der Waals surface area (Å²) in [5.41, 5.74) is 5.49. The molecule has 16 heteroatoms. The molecule has 1 fully saturated rings. The van der Waals surface area contributed by atoms with Crippen LogP contribution < -0.4 is 19.9 Å². The van der Waals surface area contributed by atoms with E-state index in [-0.39, 0.29) is 35.6 Å². The van der Waals surface area contributed by atoms with Crippen molar-refractivity contribution in [2.75, 3.05) is 10.8 Å². The van der Waals surface area contributed by atoms with Gasteiger partial charge in [0.1, 0.15) is 28.4 Å². The van der Waals surface area contributed by atoms with Crippen molar-refractivity contribution in [1.29, 1.82) is 5.41 Å². The van der Waals surface area contributed by atoms with Gasteiger partial charge in [0, 0.05) is 28.9 Å². The topological polar surface area (TPSA) is 160 Å². The van der Waals surface area contributed by atoms with Crippen molar-refractivity contribution in [3.8, 4) is 5.75 Å². The Morgan fingerprint density at radius 2 is 1.92 bits per heavy atom. The fourth-order valence-electron chi connectivity index (χ4n) is 3.99. The predicted molar refractivity (Wildman–Crippen MR) is 130 cm³/mol. The Morgan fingerprint density at radius 1 is 1.21 bits per heavy atom. The Labute approximate surface area is 217 Å². The van der Waals surface area contributed by atoms with E-state index >= 15 is 0 Å². The van der Waals surface area contributed by atoms with Gasteiger partial charge in [-0.15, -0.1) is 11.3 Å². The minimum atomic E-state index is -5.28. The van der Waals surface area contributed by atoms with Crippen molar-refractivity contribution >= 4 is 54.3 Å². The van der Waals surface area contributed by atoms with E-state index in [4.69, 9.17) is 16.3 Å². The highest BCUT2D eigenvalue weighted by molar-refractivity contribution is 7.90. The number of ether oxygens (including phenoxy) is 1. The molecule has 1 atom stereocenters. The van der Waals surface area contributed by atoms with E-state index in [1.807, 2.05) is 0 Å². The molecule has 10 nitrogen and oxygen atoms in total. The number of hydrogen-bond donors (Lipinski definition) is 3. The average Bonchev–Trinajstić information content (AvgIpc) is 3.36. The third-order valence-corrected chi connectivity index (χ3v) is 7.89. The van der Waals surface area contributed by atoms with Crippen LogP contribution in [0.5, 0.6) is 5.75 Å². The number of thiophene rings is 1. The van der Waals surface area contributed by atoms with Gasteiger partial charge >= 0.3 is 12.1 Å². The van der Waals surface area contributed by atoms with Gasteiger partial charge in [-0.2, -0.15) is 21.6 Å². The molecule has 0 radical (unpaired) electrons. The fraction of sp³-hybridized carbons (Fsp3) is 0.227. The molecule has 0 spiro atoms. The highest BCUT2D eigenvalue weighted by Crippen LogP contribution is 2.37. The van der Waals surface area contributed by atoms with Gasteiger partial charge in [0.25, 0.3) is 10.2 Å². The van der Waals surface area contributed by atoms with Crippen LogP contribution in [0.1, 0.15) is 17.5 Å². The van der Waals surface area contributed by atoms with Gasteiger partial charge in [0.2, 0.25) is 5.91 Å². The smallest absolute Gasteiger partial charge is 0.420 e. The molecular formula is C22H19F4N5O5S2. The highest BCUT2D eigenvalue weighted by atomic mass is 32.2. The number of benzene rings is 2. The maximum Gasteiger partial charge on any atom is 0.491 e. The molecule has 2 aromatic carbocycles. The Hall–Kier alpha value is -3.76. The molecule has 4 rings (SSSR count). The largest absolute Gasteiger partial charge is 0.491 e. The maximum absolute atomic E-state index is 13.6. The van der Waals surface area contributed by atoms with Crippen LogP contribution in [0.3, 0.4) is 0 Å². The molecule has 0 bridgehead atoms. The van der Waals surface area contributed by atoms with Gasteiger partial charge in [-0.25, -0.2) is 18.6 Å². The van der Waals surface area contributed by atoms with E-state index in [0.29, 0.717) is 10.1 Å². The summed E-state index contributed by atoms with van der Waals surface area (Å²) in [5, 5.41) is 13.6. The molecule has 0 saturated carbocycles. The summed E-state index contributed by atoms with van der Waals surface area (Å²) in [6.07, 6.45) is -5.31. The molecule has 202 valence electrons. The molecule has 0 unspecified atom stereocenters. The summed E-state index contributed by atoms with van der Waals surface area (Å²) in [5.74, 6) is -4.67. The molecule has 3 aromatic rings. The molecule has 1 aliphatic rings. The number of anilines is 1. The lowest BCUT2D eigenvalue weighted by molar-refractivity contribution is -0.189. The van der Waals surface area contributed by atoms with E-state index in [0.717, 1.165) is 26.6 Å². The number of nitrogen functional groups attached to an aromatic ring is 1. The number of likely N-dealkylation sites (tertiary alicyclic amines) is 1. The standard InChI is InChI=1S/C22H19F4N5O5S2/c23-14-3-1-11-8-18(37-17(11)9-14)31(38(29,34)35)15-5-6-30(20(15)32)10-13-7-12(19(27)28)2-4-16(13)36-21(33)22(24,25)26/h1-4,7-9,15H,5-6,10H2,(H3,27,28)(H2,29,34,35)/t15-/m0/s1. The van der Waals surface area contributed by atoms with Crippen LogP contribution in [-0.4, -0.2) is 49.8 Å². The number of esters is 1. The lowest BCUT2D eigenvalue weighted by Gasteiger charge is -2.26. The van der Waals surface area contributed by atoms with Crippen LogP contribution in [-0.2, 0) is 26.3 Å². The summed E-state index contributed by atoms with van der Waals surface area (Å²) in [6.45, 7) is -0.404. The second-order valence-electron chi connectivity index (χ2n) is 8.30. The Morgan fingerprint density at radius 3 is 2.55 bits per heavy atom. The van der Waals surface area contributed by atoms with Crippen LogP contribution in [0, 0.1) is 11.2 Å². The van der Waals surface area contributed by atoms with E-state index in [1.54, 1.807) is 0 Å². The van der Waals surface area contributed by atoms with Crippen molar-refractivity contribution in [2.24, 2.45) is 10.9 Å². The number of amides is 1. The highest BCUT2D eigenvalue weighted by Gasteiger charge is 2.43. The quantitative estimate of drug-likeness (QED) is 0.130. The number of carbonyl (C=O) groups is 2. The first-order chi connectivity index (χ1) is 17.6. The first-order valence-corrected chi connectivity index (χ1v) is 13.0. The van der Waals surface area contributed by atoms with Gasteiger partial charge in [-0.3, -0.25) is 10.2 Å². The third kappa shape index (κ3) is 5.56. The van der Waals surface area contributed by atoms with E-state index in [9.17, 15) is 35.6 Å². The van der Waals surface area contributed by atoms with Crippen LogP contribution in [0.25, 0.3) is 10.1 Å². The molecular weight excluding hydrogens is 554 g/mol. The SMILES string of the molecule is N=C(N)c1ccc(OC(=O)C(F)(F)F)c(CN2CC[C@H](N(c3cc4ccc(F)cc4s3)S(N)(=O)=O)C2=O)c1. The molecule has 1 aromatic heterocycles. The van der Waals surface area contributed by atoms with Crippen molar-refractivity contribution in [3.05, 3.63) is 59.4 Å². The second kappa shape index (κ2) is 9.85. The minimum absolute atomic E-state index is 0.0218. The van der Waals surface area contributed by atoms with Crippen molar-refractivity contribution in [3.63, 3.8) is 0 Å². The third-order valence-electron chi connectivity index (χ3n) is 5.68. The van der Waals surface area contributed by atoms with Gasteiger partial charge < -0.3 is 15.4 Å². The Balaban J connectivity index is 1.65. The summed E-state index contributed by atoms with van der Waals surface area (Å²) in [6, 6.07) is 7.39. The molecule has 0 aliphatic carbocycles.